The predicted molar refractivity (Wildman–Crippen MR) is 108 cm³/mol. The van der Waals surface area contributed by atoms with Crippen LogP contribution in [0.25, 0.3) is 10.6 Å². The molecule has 0 saturated carbocycles. The van der Waals surface area contributed by atoms with E-state index in [2.05, 4.69) is 18.8 Å². The highest BCUT2D eigenvalue weighted by molar-refractivity contribution is 8.00. The summed E-state index contributed by atoms with van der Waals surface area (Å²) in [6.07, 6.45) is -3.63. The molecule has 0 aromatic carbocycles. The first-order valence-electron chi connectivity index (χ1n) is 9.15. The third-order valence-electron chi connectivity index (χ3n) is 4.73. The first-order valence-corrected chi connectivity index (χ1v) is 11.0. The van der Waals surface area contributed by atoms with Crippen molar-refractivity contribution in [1.29, 1.82) is 5.26 Å². The van der Waals surface area contributed by atoms with Gasteiger partial charge in [-0.25, -0.2) is 4.98 Å². The van der Waals surface area contributed by atoms with Gasteiger partial charge >= 0.3 is 6.18 Å². The number of carbonyl (C=O) groups is 1. The topological polar surface area (TPSA) is 57.0 Å². The molecule has 1 saturated heterocycles. The lowest BCUT2D eigenvalue weighted by Gasteiger charge is -2.35. The Morgan fingerprint density at radius 2 is 2.07 bits per heavy atom. The van der Waals surface area contributed by atoms with E-state index in [-0.39, 0.29) is 22.4 Å². The van der Waals surface area contributed by atoms with Gasteiger partial charge in [0.15, 0.2) is 0 Å². The van der Waals surface area contributed by atoms with Crippen molar-refractivity contribution in [2.24, 2.45) is 11.8 Å². The maximum Gasteiger partial charge on any atom is 0.417 e. The van der Waals surface area contributed by atoms with Crippen LogP contribution >= 0.6 is 23.1 Å². The van der Waals surface area contributed by atoms with Gasteiger partial charge in [-0.05, 0) is 35.8 Å². The summed E-state index contributed by atoms with van der Waals surface area (Å²) in [7, 11) is 0. The van der Waals surface area contributed by atoms with E-state index in [0.717, 1.165) is 24.2 Å². The third-order valence-corrected chi connectivity index (χ3v) is 6.58. The summed E-state index contributed by atoms with van der Waals surface area (Å²) in [6.45, 7) is 5.45. The quantitative estimate of drug-likeness (QED) is 0.607. The van der Waals surface area contributed by atoms with Crippen LogP contribution in [-0.4, -0.2) is 34.6 Å². The fourth-order valence-electron chi connectivity index (χ4n) is 3.60. The van der Waals surface area contributed by atoms with Crippen LogP contribution in [0.4, 0.5) is 13.2 Å². The Balaban J connectivity index is 1.88. The highest BCUT2D eigenvalue weighted by atomic mass is 32.2. The van der Waals surface area contributed by atoms with E-state index in [1.165, 1.54) is 11.3 Å². The van der Waals surface area contributed by atoms with E-state index in [9.17, 15) is 23.2 Å². The zero-order valence-corrected chi connectivity index (χ0v) is 17.6. The van der Waals surface area contributed by atoms with Gasteiger partial charge in [-0.2, -0.15) is 18.4 Å². The first kappa shape index (κ1) is 21.7. The number of carbonyl (C=O) groups excluding carboxylic acids is 1. The van der Waals surface area contributed by atoms with Crippen LogP contribution in [0.1, 0.15) is 31.4 Å². The molecule has 2 atom stereocenters. The molecule has 4 nitrogen and oxygen atoms in total. The number of piperidine rings is 1. The molecule has 3 rings (SSSR count). The molecule has 1 amide bonds. The molecule has 29 heavy (non-hydrogen) atoms. The summed E-state index contributed by atoms with van der Waals surface area (Å²) in [5, 5.41) is 11.1. The van der Waals surface area contributed by atoms with Gasteiger partial charge in [0.25, 0.3) is 0 Å². The molecular formula is C20H20F3N3OS2. The lowest BCUT2D eigenvalue weighted by Crippen LogP contribution is -2.43. The molecule has 1 aliphatic rings. The zero-order valence-electron chi connectivity index (χ0n) is 16.0. The smallest absolute Gasteiger partial charge is 0.341 e. The average Bonchev–Trinajstić information content (AvgIpc) is 3.18. The van der Waals surface area contributed by atoms with Gasteiger partial charge in [-0.1, -0.05) is 31.7 Å². The molecule has 0 aliphatic carbocycles. The fraction of sp³-hybridized carbons (Fsp3) is 0.450. The SMILES string of the molecule is CC1CC(C)CN(C(=O)CSc2nc(-c3cccs3)cc(C(F)(F)F)c2C#N)C1. The van der Waals surface area contributed by atoms with Crippen molar-refractivity contribution in [1.82, 2.24) is 9.88 Å². The standard InChI is InChI=1S/C20H20F3N3OS2/c1-12-6-13(2)10-26(9-12)18(27)11-29-19-14(8-24)15(20(21,22)23)7-16(25-19)17-4-3-5-28-17/h3-5,7,12-13H,6,9-11H2,1-2H3. The third kappa shape index (κ3) is 5.11. The van der Waals surface area contributed by atoms with E-state index in [1.807, 2.05) is 0 Å². The summed E-state index contributed by atoms with van der Waals surface area (Å²) < 4.78 is 40.7. The number of thiophene rings is 1. The van der Waals surface area contributed by atoms with Crippen LogP contribution in [-0.2, 0) is 11.0 Å². The minimum Gasteiger partial charge on any atom is -0.341 e. The van der Waals surface area contributed by atoms with Crippen molar-refractivity contribution in [2.75, 3.05) is 18.8 Å². The Kier molecular flexibility index (Phi) is 6.54. The second-order valence-electron chi connectivity index (χ2n) is 7.36. The zero-order chi connectivity index (χ0) is 21.2. The van der Waals surface area contributed by atoms with Crippen molar-refractivity contribution in [3.8, 4) is 16.6 Å². The number of hydrogen-bond donors (Lipinski definition) is 0. The number of alkyl halides is 3. The highest BCUT2D eigenvalue weighted by Gasteiger charge is 2.36. The molecule has 1 aliphatic heterocycles. The second-order valence-corrected chi connectivity index (χ2v) is 9.27. The highest BCUT2D eigenvalue weighted by Crippen LogP contribution is 2.38. The number of thioether (sulfide) groups is 1. The van der Waals surface area contributed by atoms with E-state index in [0.29, 0.717) is 29.8 Å². The number of halogens is 3. The van der Waals surface area contributed by atoms with E-state index >= 15 is 0 Å². The Labute approximate surface area is 175 Å². The molecule has 2 unspecified atom stereocenters. The van der Waals surface area contributed by atoms with Gasteiger partial charge in [-0.15, -0.1) is 11.3 Å². The Bertz CT molecular complexity index is 912. The minimum atomic E-state index is -4.68. The van der Waals surface area contributed by atoms with E-state index in [4.69, 9.17) is 0 Å². The van der Waals surface area contributed by atoms with Crippen LogP contribution in [0, 0.1) is 23.2 Å². The molecule has 154 valence electrons. The maximum atomic E-state index is 13.6. The monoisotopic (exact) mass is 439 g/mol. The molecule has 2 aromatic heterocycles. The maximum absolute atomic E-state index is 13.6. The van der Waals surface area contributed by atoms with Crippen molar-refractivity contribution < 1.29 is 18.0 Å². The van der Waals surface area contributed by atoms with Crippen molar-refractivity contribution in [3.05, 3.63) is 34.7 Å². The van der Waals surface area contributed by atoms with Crippen LogP contribution < -0.4 is 0 Å². The number of aromatic nitrogens is 1. The number of rotatable bonds is 4. The Morgan fingerprint density at radius 3 is 2.62 bits per heavy atom. The number of pyridine rings is 1. The van der Waals surface area contributed by atoms with Gasteiger partial charge in [0.05, 0.1) is 27.5 Å². The second kappa shape index (κ2) is 8.76. The number of amides is 1. The molecule has 0 bridgehead atoms. The number of hydrogen-bond acceptors (Lipinski definition) is 5. The molecule has 3 heterocycles. The Hall–Kier alpha value is -2.05. The summed E-state index contributed by atoms with van der Waals surface area (Å²) in [4.78, 5) is 19.3. The van der Waals surface area contributed by atoms with Gasteiger partial charge in [-0.3, -0.25) is 4.79 Å². The number of nitrogens with zero attached hydrogens (tertiary/aromatic N) is 3. The summed E-state index contributed by atoms with van der Waals surface area (Å²) in [6, 6.07) is 5.94. The predicted octanol–water partition coefficient (Wildman–Crippen LogP) is 5.30. The molecule has 9 heteroatoms. The molecule has 0 radical (unpaired) electrons. The van der Waals surface area contributed by atoms with Gasteiger partial charge in [0.2, 0.25) is 5.91 Å². The average molecular weight is 440 g/mol. The summed E-state index contributed by atoms with van der Waals surface area (Å²) in [5.41, 5.74) is -1.40. The Morgan fingerprint density at radius 1 is 1.38 bits per heavy atom. The van der Waals surface area contributed by atoms with Crippen molar-refractivity contribution in [3.63, 3.8) is 0 Å². The van der Waals surface area contributed by atoms with Crippen molar-refractivity contribution in [2.45, 2.75) is 31.5 Å². The molecule has 0 N–H and O–H groups in total. The van der Waals surface area contributed by atoms with Crippen LogP contribution in [0.2, 0.25) is 0 Å². The molecule has 1 fully saturated rings. The van der Waals surface area contributed by atoms with Crippen molar-refractivity contribution >= 4 is 29.0 Å². The minimum absolute atomic E-state index is 0.0493. The largest absolute Gasteiger partial charge is 0.417 e. The van der Waals surface area contributed by atoms with Crippen LogP contribution in [0.15, 0.2) is 28.6 Å². The van der Waals surface area contributed by atoms with Gasteiger partial charge < -0.3 is 4.90 Å². The lowest BCUT2D eigenvalue weighted by molar-refractivity contribution is -0.138. The molecule has 2 aromatic rings. The fourth-order valence-corrected chi connectivity index (χ4v) is 5.19. The van der Waals surface area contributed by atoms with Crippen LogP contribution in [0.3, 0.4) is 0 Å². The van der Waals surface area contributed by atoms with Gasteiger partial charge in [0, 0.05) is 13.1 Å². The van der Waals surface area contributed by atoms with E-state index < -0.39 is 17.3 Å². The van der Waals surface area contributed by atoms with Gasteiger partial charge in [0.1, 0.15) is 11.1 Å². The van der Waals surface area contributed by atoms with Crippen LogP contribution in [0.5, 0.6) is 0 Å². The lowest BCUT2D eigenvalue weighted by atomic mass is 9.92. The summed E-state index contributed by atoms with van der Waals surface area (Å²) >= 11 is 2.17. The normalized spacial score (nSPS) is 19.8. The number of nitriles is 1. The molecule has 0 spiro atoms. The summed E-state index contributed by atoms with van der Waals surface area (Å²) in [5.74, 6) is 0.583. The number of likely N-dealkylation sites (tertiary alicyclic amines) is 1. The molecular weight excluding hydrogens is 419 g/mol. The first-order chi connectivity index (χ1) is 13.7. The van der Waals surface area contributed by atoms with E-state index in [1.54, 1.807) is 28.5 Å².